The van der Waals surface area contributed by atoms with E-state index in [0.717, 1.165) is 43.2 Å². The van der Waals surface area contributed by atoms with Crippen molar-refractivity contribution in [2.45, 2.75) is 6.92 Å². The predicted octanol–water partition coefficient (Wildman–Crippen LogP) is 7.24. The lowest BCUT2D eigenvalue weighted by Gasteiger charge is -2.11. The molecule has 158 valence electrons. The number of carbonyl (C=O) groups is 1. The summed E-state index contributed by atoms with van der Waals surface area (Å²) in [6.45, 7) is 2.07. The lowest BCUT2D eigenvalue weighted by Crippen LogP contribution is -2.01. The molecule has 0 saturated carbocycles. The molecule has 32 heavy (non-hydrogen) atoms. The van der Waals surface area contributed by atoms with Gasteiger partial charge in [-0.2, -0.15) is 0 Å². The van der Waals surface area contributed by atoms with Gasteiger partial charge in [0.05, 0.1) is 12.1 Å². The van der Waals surface area contributed by atoms with Crippen LogP contribution in [0.5, 0.6) is 0 Å². The first-order valence-corrected chi connectivity index (χ1v) is 10.9. The van der Waals surface area contributed by atoms with Crippen molar-refractivity contribution in [2.24, 2.45) is 0 Å². The van der Waals surface area contributed by atoms with E-state index in [4.69, 9.17) is 4.74 Å². The third-order valence-electron chi connectivity index (χ3n) is 5.26. The monoisotopic (exact) mass is 445 g/mol. The Balaban J connectivity index is 1.80. The number of carbonyl (C=O) groups excluding carboxylic acids is 1. The summed E-state index contributed by atoms with van der Waals surface area (Å²) in [5.74, 6) is -0.995. The van der Waals surface area contributed by atoms with Gasteiger partial charge in [0.2, 0.25) is 0 Å². The highest BCUT2D eigenvalue weighted by Gasteiger charge is 2.17. The van der Waals surface area contributed by atoms with Crippen molar-refractivity contribution >= 4 is 38.3 Å². The number of esters is 1. The molecule has 6 heteroatoms. The summed E-state index contributed by atoms with van der Waals surface area (Å²) >= 11 is 1.35. The molecule has 5 aromatic rings. The van der Waals surface area contributed by atoms with Crippen molar-refractivity contribution in [3.63, 3.8) is 0 Å². The minimum absolute atomic E-state index is 0.301. The molecule has 2 aromatic heterocycles. The van der Waals surface area contributed by atoms with Gasteiger partial charge in [0.15, 0.2) is 0 Å². The zero-order chi connectivity index (χ0) is 22.2. The Kier molecular flexibility index (Phi) is 5.15. The van der Waals surface area contributed by atoms with Gasteiger partial charge in [-0.05, 0) is 66.1 Å². The number of thiophene rings is 1. The summed E-state index contributed by atoms with van der Waals surface area (Å²) in [7, 11) is 0. The fourth-order valence-electron chi connectivity index (χ4n) is 3.75. The van der Waals surface area contributed by atoms with Crippen molar-refractivity contribution < 1.29 is 18.3 Å². The van der Waals surface area contributed by atoms with Gasteiger partial charge in [-0.3, -0.25) is 4.98 Å². The number of hydrogen-bond acceptors (Lipinski definition) is 4. The van der Waals surface area contributed by atoms with Crippen LogP contribution in [0.2, 0.25) is 0 Å². The molecule has 0 N–H and O–H groups in total. The summed E-state index contributed by atoms with van der Waals surface area (Å²) in [6.07, 6.45) is 1.74. The summed E-state index contributed by atoms with van der Waals surface area (Å²) in [4.78, 5) is 17.5. The van der Waals surface area contributed by atoms with E-state index in [1.807, 2.05) is 12.1 Å². The standard InChI is InChI=1S/C26H17F2NO2S/c1-2-31-26(30)23-13-18-14-29-24-21(16-5-9-20(28)10-6-16)11-17(12-22(24)25(18)32-23)15-3-7-19(27)8-4-15/h3-14H,2H2,1H3. The van der Waals surface area contributed by atoms with Crippen LogP contribution in [-0.4, -0.2) is 17.6 Å². The molecule has 0 spiro atoms. The second kappa shape index (κ2) is 8.13. The van der Waals surface area contributed by atoms with E-state index >= 15 is 0 Å². The van der Waals surface area contributed by atoms with Gasteiger partial charge >= 0.3 is 5.97 Å². The lowest BCUT2D eigenvalue weighted by atomic mass is 9.95. The van der Waals surface area contributed by atoms with Gasteiger partial charge < -0.3 is 4.74 Å². The lowest BCUT2D eigenvalue weighted by molar-refractivity contribution is 0.0532. The van der Waals surface area contributed by atoms with Gasteiger partial charge in [0.1, 0.15) is 16.5 Å². The van der Waals surface area contributed by atoms with E-state index in [1.165, 1.54) is 35.6 Å². The SMILES string of the molecule is CCOC(=O)c1cc2cnc3c(-c4ccc(F)cc4)cc(-c4ccc(F)cc4)cc3c2s1. The zero-order valence-electron chi connectivity index (χ0n) is 17.1. The molecule has 0 aliphatic rings. The average molecular weight is 445 g/mol. The van der Waals surface area contributed by atoms with E-state index in [-0.39, 0.29) is 17.6 Å². The van der Waals surface area contributed by atoms with E-state index in [1.54, 1.807) is 43.5 Å². The second-order valence-corrected chi connectivity index (χ2v) is 8.36. The molecule has 0 amide bonds. The highest BCUT2D eigenvalue weighted by atomic mass is 32.1. The number of ether oxygens (including phenoxy) is 1. The summed E-state index contributed by atoms with van der Waals surface area (Å²) in [6, 6.07) is 18.3. The number of benzene rings is 3. The largest absolute Gasteiger partial charge is 0.462 e. The maximum atomic E-state index is 13.6. The molecule has 5 rings (SSSR count). The Morgan fingerprint density at radius 2 is 1.56 bits per heavy atom. The average Bonchev–Trinajstić information content (AvgIpc) is 3.25. The molecule has 3 aromatic carbocycles. The van der Waals surface area contributed by atoms with Crippen molar-refractivity contribution in [3.8, 4) is 22.3 Å². The predicted molar refractivity (Wildman–Crippen MR) is 124 cm³/mol. The molecule has 0 radical (unpaired) electrons. The Morgan fingerprint density at radius 1 is 0.906 bits per heavy atom. The van der Waals surface area contributed by atoms with Gasteiger partial charge in [-0.1, -0.05) is 24.3 Å². The number of halogens is 2. The first-order chi connectivity index (χ1) is 15.5. The molecule has 3 nitrogen and oxygen atoms in total. The van der Waals surface area contributed by atoms with E-state index in [0.29, 0.717) is 11.5 Å². The zero-order valence-corrected chi connectivity index (χ0v) is 17.9. The normalized spacial score (nSPS) is 11.2. The number of hydrogen-bond donors (Lipinski definition) is 0. The Labute approximate surface area is 186 Å². The molecule has 2 heterocycles. The maximum absolute atomic E-state index is 13.6. The van der Waals surface area contributed by atoms with Crippen LogP contribution < -0.4 is 0 Å². The minimum atomic E-state index is -0.365. The van der Waals surface area contributed by atoms with E-state index < -0.39 is 0 Å². The van der Waals surface area contributed by atoms with Gasteiger partial charge in [0, 0.05) is 27.2 Å². The van der Waals surface area contributed by atoms with Crippen LogP contribution >= 0.6 is 11.3 Å². The molecule has 0 fully saturated rings. The molecule has 0 bridgehead atoms. The smallest absolute Gasteiger partial charge is 0.348 e. The quantitative estimate of drug-likeness (QED) is 0.274. The Morgan fingerprint density at radius 3 is 2.22 bits per heavy atom. The fraction of sp³-hybridized carbons (Fsp3) is 0.0769. The third kappa shape index (κ3) is 3.63. The fourth-order valence-corrected chi connectivity index (χ4v) is 4.80. The van der Waals surface area contributed by atoms with Crippen molar-refractivity contribution in [1.29, 1.82) is 0 Å². The van der Waals surface area contributed by atoms with Gasteiger partial charge in [0.25, 0.3) is 0 Å². The highest BCUT2D eigenvalue weighted by Crippen LogP contribution is 2.39. The van der Waals surface area contributed by atoms with Crippen LogP contribution in [-0.2, 0) is 4.74 Å². The van der Waals surface area contributed by atoms with Gasteiger partial charge in [-0.15, -0.1) is 11.3 Å². The molecule has 0 unspecified atom stereocenters. The molecule has 0 aliphatic heterocycles. The van der Waals surface area contributed by atoms with Crippen molar-refractivity contribution in [2.75, 3.05) is 6.61 Å². The summed E-state index contributed by atoms with van der Waals surface area (Å²) in [5.41, 5.74) is 4.10. The second-order valence-electron chi connectivity index (χ2n) is 7.31. The minimum Gasteiger partial charge on any atom is -0.462 e. The number of nitrogens with zero attached hydrogens (tertiary/aromatic N) is 1. The first-order valence-electron chi connectivity index (χ1n) is 10.1. The van der Waals surface area contributed by atoms with Crippen LogP contribution in [0.4, 0.5) is 8.78 Å². The highest BCUT2D eigenvalue weighted by molar-refractivity contribution is 7.21. The summed E-state index contributed by atoms with van der Waals surface area (Å²) in [5, 5.41) is 1.70. The van der Waals surface area contributed by atoms with Crippen molar-refractivity contribution in [3.05, 3.63) is 89.4 Å². The van der Waals surface area contributed by atoms with Crippen LogP contribution in [0.25, 0.3) is 43.2 Å². The third-order valence-corrected chi connectivity index (χ3v) is 6.42. The van der Waals surface area contributed by atoms with Crippen LogP contribution in [0.1, 0.15) is 16.6 Å². The maximum Gasteiger partial charge on any atom is 0.348 e. The van der Waals surface area contributed by atoms with Crippen LogP contribution in [0, 0.1) is 11.6 Å². The molecule has 0 aliphatic carbocycles. The van der Waals surface area contributed by atoms with Crippen molar-refractivity contribution in [1.82, 2.24) is 4.98 Å². The van der Waals surface area contributed by atoms with Crippen LogP contribution in [0.3, 0.4) is 0 Å². The Bertz CT molecular complexity index is 1460. The number of pyridine rings is 1. The number of aromatic nitrogens is 1. The first kappa shape index (κ1) is 20.3. The van der Waals surface area contributed by atoms with Gasteiger partial charge in [-0.25, -0.2) is 13.6 Å². The van der Waals surface area contributed by atoms with E-state index in [9.17, 15) is 13.6 Å². The molecular formula is C26H17F2NO2S. The Hall–Kier alpha value is -3.64. The summed E-state index contributed by atoms with van der Waals surface area (Å²) < 4.78 is 33.1. The number of fused-ring (bicyclic) bond motifs is 3. The molecule has 0 atom stereocenters. The number of rotatable bonds is 4. The topological polar surface area (TPSA) is 39.2 Å². The van der Waals surface area contributed by atoms with Crippen LogP contribution in [0.15, 0.2) is 72.9 Å². The van der Waals surface area contributed by atoms with E-state index in [2.05, 4.69) is 4.98 Å². The molecular weight excluding hydrogens is 428 g/mol. The molecule has 0 saturated heterocycles.